The highest BCUT2D eigenvalue weighted by molar-refractivity contribution is 7.98. The van der Waals surface area contributed by atoms with E-state index in [1.54, 1.807) is 12.1 Å². The fourth-order valence-corrected chi connectivity index (χ4v) is 2.71. The number of carbonyl (C=O) groups is 1. The molecular formula is C14H11ClNO4S-. The molecule has 2 N–H and O–H groups in total. The zero-order chi connectivity index (χ0) is 15.4. The van der Waals surface area contributed by atoms with Gasteiger partial charge in [-0.05, 0) is 41.5 Å². The van der Waals surface area contributed by atoms with Crippen LogP contribution in [0.2, 0.25) is 5.02 Å². The Labute approximate surface area is 130 Å². The predicted octanol–water partition coefficient (Wildman–Crippen LogP) is 2.58. The van der Waals surface area contributed by atoms with Gasteiger partial charge in [0.15, 0.2) is 0 Å². The van der Waals surface area contributed by atoms with Gasteiger partial charge in [-0.15, -0.1) is 17.0 Å². The molecule has 0 amide bonds. The zero-order valence-corrected chi connectivity index (χ0v) is 12.3. The van der Waals surface area contributed by atoms with Crippen molar-refractivity contribution >= 4 is 35.0 Å². The van der Waals surface area contributed by atoms with Crippen LogP contribution >= 0.6 is 23.4 Å². The summed E-state index contributed by atoms with van der Waals surface area (Å²) in [6.07, 6.45) is 0. The Morgan fingerprint density at radius 3 is 2.43 bits per heavy atom. The molecule has 0 heterocycles. The van der Waals surface area contributed by atoms with Crippen molar-refractivity contribution in [2.24, 2.45) is 0 Å². The number of hydrogen-bond acceptors (Lipinski definition) is 6. The van der Waals surface area contributed by atoms with E-state index in [0.29, 0.717) is 16.3 Å². The van der Waals surface area contributed by atoms with Crippen LogP contribution in [0.3, 0.4) is 0 Å². The van der Waals surface area contributed by atoms with Gasteiger partial charge in [0.1, 0.15) is 0 Å². The molecule has 21 heavy (non-hydrogen) atoms. The van der Waals surface area contributed by atoms with Crippen LogP contribution < -0.4 is 10.3 Å². The molecule has 7 heteroatoms. The first-order chi connectivity index (χ1) is 9.97. The SMILES string of the molecule is O=C([O-])c1ccc(CSc2ccc(Cl)cc2)c(N(O)O)c1. The predicted molar refractivity (Wildman–Crippen MR) is 77.8 cm³/mol. The average molecular weight is 325 g/mol. The van der Waals surface area contributed by atoms with Crippen molar-refractivity contribution in [3.63, 3.8) is 0 Å². The van der Waals surface area contributed by atoms with Crippen LogP contribution in [0, 0.1) is 0 Å². The number of carboxylic acids is 1. The number of hydrogen-bond donors (Lipinski definition) is 2. The second-order valence-electron chi connectivity index (χ2n) is 4.16. The zero-order valence-electron chi connectivity index (χ0n) is 10.7. The third-order valence-corrected chi connectivity index (χ3v) is 4.06. The van der Waals surface area contributed by atoms with E-state index in [1.807, 2.05) is 12.1 Å². The number of aromatic carboxylic acids is 1. The lowest BCUT2D eigenvalue weighted by Gasteiger charge is -2.15. The van der Waals surface area contributed by atoms with E-state index in [9.17, 15) is 20.3 Å². The van der Waals surface area contributed by atoms with Crippen molar-refractivity contribution in [3.8, 4) is 0 Å². The van der Waals surface area contributed by atoms with Crippen molar-refractivity contribution in [2.45, 2.75) is 10.6 Å². The van der Waals surface area contributed by atoms with Gasteiger partial charge in [-0.3, -0.25) is 10.4 Å². The summed E-state index contributed by atoms with van der Waals surface area (Å²) in [5, 5.41) is 29.7. The number of halogens is 1. The van der Waals surface area contributed by atoms with Crippen LogP contribution in [0.1, 0.15) is 15.9 Å². The summed E-state index contributed by atoms with van der Waals surface area (Å²) in [5.41, 5.74) is 0.446. The van der Waals surface area contributed by atoms with Crippen LogP contribution in [-0.2, 0) is 5.75 Å². The number of anilines is 1. The number of carboxylic acid groups (broad SMARTS) is 1. The minimum Gasteiger partial charge on any atom is -0.545 e. The fraction of sp³-hybridized carbons (Fsp3) is 0.0714. The van der Waals surface area contributed by atoms with E-state index in [0.717, 1.165) is 11.0 Å². The van der Waals surface area contributed by atoms with E-state index in [2.05, 4.69) is 0 Å². The molecule has 2 aromatic carbocycles. The van der Waals surface area contributed by atoms with Crippen molar-refractivity contribution in [3.05, 3.63) is 58.6 Å². The topological polar surface area (TPSA) is 83.8 Å². The van der Waals surface area contributed by atoms with E-state index < -0.39 is 5.97 Å². The van der Waals surface area contributed by atoms with E-state index in [4.69, 9.17) is 11.6 Å². The van der Waals surface area contributed by atoms with Crippen LogP contribution in [0.25, 0.3) is 0 Å². The Hall–Kier alpha value is -1.73. The van der Waals surface area contributed by atoms with E-state index >= 15 is 0 Å². The first-order valence-electron chi connectivity index (χ1n) is 5.88. The van der Waals surface area contributed by atoms with Crippen LogP contribution in [0.15, 0.2) is 47.4 Å². The van der Waals surface area contributed by atoms with Crippen molar-refractivity contribution in [1.29, 1.82) is 0 Å². The summed E-state index contributed by atoms with van der Waals surface area (Å²) in [7, 11) is 0. The minimum absolute atomic E-state index is 0.00170. The molecule has 0 bridgehead atoms. The molecule has 0 saturated heterocycles. The number of nitrogens with zero attached hydrogens (tertiary/aromatic N) is 1. The average Bonchev–Trinajstić information content (AvgIpc) is 2.46. The van der Waals surface area contributed by atoms with Gasteiger partial charge in [0.2, 0.25) is 0 Å². The Morgan fingerprint density at radius 1 is 1.19 bits per heavy atom. The van der Waals surface area contributed by atoms with Gasteiger partial charge in [-0.2, -0.15) is 0 Å². The van der Waals surface area contributed by atoms with E-state index in [-0.39, 0.29) is 16.5 Å². The Kier molecular flexibility index (Phi) is 5.08. The number of rotatable bonds is 5. The Balaban J connectivity index is 2.19. The molecule has 0 aliphatic rings. The van der Waals surface area contributed by atoms with Gasteiger partial charge < -0.3 is 9.90 Å². The molecule has 0 atom stereocenters. The van der Waals surface area contributed by atoms with Crippen LogP contribution in [-0.4, -0.2) is 16.4 Å². The highest BCUT2D eigenvalue weighted by Crippen LogP contribution is 2.29. The van der Waals surface area contributed by atoms with Crippen LogP contribution in [0.5, 0.6) is 0 Å². The van der Waals surface area contributed by atoms with Crippen molar-refractivity contribution in [1.82, 2.24) is 0 Å². The van der Waals surface area contributed by atoms with Gasteiger partial charge in [-0.1, -0.05) is 23.7 Å². The highest BCUT2D eigenvalue weighted by atomic mass is 35.5. The maximum absolute atomic E-state index is 10.8. The second kappa shape index (κ2) is 6.82. The molecule has 0 saturated carbocycles. The quantitative estimate of drug-likeness (QED) is 0.649. The molecule has 0 fully saturated rings. The Bertz CT molecular complexity index is 646. The maximum atomic E-state index is 10.8. The lowest BCUT2D eigenvalue weighted by atomic mass is 10.1. The maximum Gasteiger partial charge on any atom is 0.0989 e. The molecule has 0 aliphatic carbocycles. The molecule has 0 radical (unpaired) electrons. The standard InChI is InChI=1S/C14H12ClNO4S/c15-11-3-5-12(6-4-11)21-8-10-2-1-9(14(17)18)7-13(10)16(19)20/h1-7,19-20H,8H2,(H,17,18)/p-1. The summed E-state index contributed by atoms with van der Waals surface area (Å²) in [5.74, 6) is -0.947. The summed E-state index contributed by atoms with van der Waals surface area (Å²) in [4.78, 5) is 11.7. The van der Waals surface area contributed by atoms with Gasteiger partial charge in [0.05, 0.1) is 11.7 Å². The summed E-state index contributed by atoms with van der Waals surface area (Å²) >= 11 is 7.26. The lowest BCUT2D eigenvalue weighted by Crippen LogP contribution is -2.23. The molecule has 0 spiro atoms. The Morgan fingerprint density at radius 2 is 1.86 bits per heavy atom. The largest absolute Gasteiger partial charge is 0.545 e. The summed E-state index contributed by atoms with van der Waals surface area (Å²) in [6, 6.07) is 11.2. The first-order valence-corrected chi connectivity index (χ1v) is 7.24. The number of benzene rings is 2. The summed E-state index contributed by atoms with van der Waals surface area (Å²) < 4.78 is 0. The van der Waals surface area contributed by atoms with Crippen molar-refractivity contribution < 1.29 is 20.3 Å². The number of thioether (sulfide) groups is 1. The second-order valence-corrected chi connectivity index (χ2v) is 5.65. The third-order valence-electron chi connectivity index (χ3n) is 2.74. The molecule has 5 nitrogen and oxygen atoms in total. The molecule has 0 aromatic heterocycles. The monoisotopic (exact) mass is 324 g/mol. The van der Waals surface area contributed by atoms with Crippen LogP contribution in [0.4, 0.5) is 5.69 Å². The first kappa shape index (κ1) is 15.7. The summed E-state index contributed by atoms with van der Waals surface area (Å²) in [6.45, 7) is 0. The number of carbonyl (C=O) groups excluding carboxylic acids is 1. The molecule has 2 rings (SSSR count). The van der Waals surface area contributed by atoms with Crippen molar-refractivity contribution in [2.75, 3.05) is 5.23 Å². The smallest absolute Gasteiger partial charge is 0.0989 e. The highest BCUT2D eigenvalue weighted by Gasteiger charge is 2.10. The van der Waals surface area contributed by atoms with Gasteiger partial charge >= 0.3 is 0 Å². The molecular weight excluding hydrogens is 314 g/mol. The molecule has 2 aromatic rings. The van der Waals surface area contributed by atoms with E-state index in [1.165, 1.54) is 23.9 Å². The minimum atomic E-state index is -1.38. The van der Waals surface area contributed by atoms with Gasteiger partial charge in [0, 0.05) is 15.7 Å². The molecule has 0 aliphatic heterocycles. The van der Waals surface area contributed by atoms with Gasteiger partial charge in [0.25, 0.3) is 0 Å². The normalized spacial score (nSPS) is 10.4. The lowest BCUT2D eigenvalue weighted by molar-refractivity contribution is -0.255. The van der Waals surface area contributed by atoms with Gasteiger partial charge in [-0.25, -0.2) is 0 Å². The fourth-order valence-electron chi connectivity index (χ4n) is 1.69. The molecule has 0 unspecified atom stereocenters. The molecule has 110 valence electrons. The third kappa shape index (κ3) is 4.12.